The van der Waals surface area contributed by atoms with E-state index in [0.29, 0.717) is 12.3 Å². The fourth-order valence-corrected chi connectivity index (χ4v) is 3.06. The van der Waals surface area contributed by atoms with Gasteiger partial charge >= 0.3 is 5.97 Å². The van der Waals surface area contributed by atoms with Crippen LogP contribution in [0.4, 0.5) is 5.69 Å². The van der Waals surface area contributed by atoms with E-state index in [4.69, 9.17) is 9.88 Å². The second-order valence-corrected chi connectivity index (χ2v) is 7.27. The molecule has 8 heteroatoms. The minimum absolute atomic E-state index is 0.0262. The highest BCUT2D eigenvalue weighted by atomic mass is 32.2. The smallest absolute Gasteiger partial charge is 0.337 e. The molecule has 0 fully saturated rings. The molecule has 0 aliphatic rings. The molecule has 7 nitrogen and oxygen atoms in total. The molecule has 0 spiro atoms. The van der Waals surface area contributed by atoms with Gasteiger partial charge in [0.05, 0.1) is 11.3 Å². The molecule has 0 aliphatic heterocycles. The fourth-order valence-electron chi connectivity index (χ4n) is 2.40. The van der Waals surface area contributed by atoms with E-state index >= 15 is 0 Å². The van der Waals surface area contributed by atoms with Crippen molar-refractivity contribution in [2.75, 3.05) is 11.9 Å². The molecule has 0 unspecified atom stereocenters. The van der Waals surface area contributed by atoms with E-state index in [1.807, 2.05) is 0 Å². The molecule has 0 radical (unpaired) electrons. The molecule has 2 aromatic rings. The van der Waals surface area contributed by atoms with Crippen LogP contribution in [-0.2, 0) is 10.0 Å². The fraction of sp³-hybridized carbons (Fsp3) is 0.278. The first-order valence-electron chi connectivity index (χ1n) is 8.24. The molecule has 0 saturated carbocycles. The normalized spacial score (nSPS) is 11.2. The first-order valence-corrected chi connectivity index (χ1v) is 9.78. The van der Waals surface area contributed by atoms with E-state index in [2.05, 4.69) is 12.2 Å². The van der Waals surface area contributed by atoms with E-state index in [0.717, 1.165) is 25.3 Å². The zero-order chi connectivity index (χ0) is 19.2. The Balaban J connectivity index is 2.47. The molecule has 2 rings (SSSR count). The van der Waals surface area contributed by atoms with Crippen molar-refractivity contribution in [3.8, 4) is 11.5 Å². The maximum Gasteiger partial charge on any atom is 0.337 e. The number of benzene rings is 2. The topological polar surface area (TPSA) is 119 Å². The lowest BCUT2D eigenvalue weighted by Crippen LogP contribution is -2.16. The molecule has 26 heavy (non-hydrogen) atoms. The number of hydrogen-bond acceptors (Lipinski definition) is 5. The van der Waals surface area contributed by atoms with Gasteiger partial charge in [-0.25, -0.2) is 18.4 Å². The largest absolute Gasteiger partial charge is 0.478 e. The Morgan fingerprint density at radius 3 is 2.46 bits per heavy atom. The van der Waals surface area contributed by atoms with Gasteiger partial charge in [-0.3, -0.25) is 0 Å². The van der Waals surface area contributed by atoms with Crippen LogP contribution in [0.1, 0.15) is 36.5 Å². The maximum atomic E-state index is 11.9. The number of hydrogen-bond donors (Lipinski definition) is 3. The molecule has 0 heterocycles. The van der Waals surface area contributed by atoms with Crippen molar-refractivity contribution >= 4 is 21.7 Å². The summed E-state index contributed by atoms with van der Waals surface area (Å²) in [7, 11) is -4.17. The minimum atomic E-state index is -4.17. The number of anilines is 1. The van der Waals surface area contributed by atoms with Crippen molar-refractivity contribution in [1.29, 1.82) is 0 Å². The molecular formula is C18H22N2O5S. The highest BCUT2D eigenvalue weighted by Gasteiger charge is 2.22. The minimum Gasteiger partial charge on any atom is -0.478 e. The van der Waals surface area contributed by atoms with E-state index in [1.54, 1.807) is 30.3 Å². The summed E-state index contributed by atoms with van der Waals surface area (Å²) in [6.07, 6.45) is 2.89. The van der Waals surface area contributed by atoms with Crippen LogP contribution >= 0.6 is 0 Å². The quantitative estimate of drug-likeness (QED) is 0.575. The van der Waals surface area contributed by atoms with Crippen LogP contribution in [0.25, 0.3) is 0 Å². The maximum absolute atomic E-state index is 11.9. The van der Waals surface area contributed by atoms with E-state index in [1.165, 1.54) is 6.07 Å². The van der Waals surface area contributed by atoms with E-state index in [-0.39, 0.29) is 21.9 Å². The van der Waals surface area contributed by atoms with Gasteiger partial charge in [0, 0.05) is 12.6 Å². The van der Waals surface area contributed by atoms with Gasteiger partial charge in [0.1, 0.15) is 16.4 Å². The number of nitrogens with one attached hydrogen (secondary N) is 1. The summed E-state index contributed by atoms with van der Waals surface area (Å²) in [5.74, 6) is -0.863. The number of para-hydroxylation sites is 1. The molecule has 2 aromatic carbocycles. The number of carboxylic acid groups (broad SMARTS) is 1. The summed E-state index contributed by atoms with van der Waals surface area (Å²) in [5.41, 5.74) is 0.109. The van der Waals surface area contributed by atoms with Gasteiger partial charge in [0.15, 0.2) is 0 Å². The van der Waals surface area contributed by atoms with Crippen molar-refractivity contribution in [3.05, 3.63) is 48.0 Å². The van der Waals surface area contributed by atoms with Gasteiger partial charge in [-0.1, -0.05) is 38.0 Å². The Labute approximate surface area is 152 Å². The third kappa shape index (κ3) is 5.21. The molecule has 0 bridgehead atoms. The predicted octanol–water partition coefficient (Wildman–Crippen LogP) is 3.43. The van der Waals surface area contributed by atoms with Crippen molar-refractivity contribution in [2.45, 2.75) is 31.1 Å². The van der Waals surface area contributed by atoms with Crippen molar-refractivity contribution < 1.29 is 23.1 Å². The number of rotatable bonds is 9. The number of unbranched alkanes of at least 4 members (excludes halogenated alkanes) is 2. The predicted molar refractivity (Wildman–Crippen MR) is 99.3 cm³/mol. The second-order valence-electron chi connectivity index (χ2n) is 5.74. The lowest BCUT2D eigenvalue weighted by atomic mass is 10.1. The van der Waals surface area contributed by atoms with Gasteiger partial charge in [-0.15, -0.1) is 0 Å². The third-order valence-electron chi connectivity index (χ3n) is 3.69. The lowest BCUT2D eigenvalue weighted by Gasteiger charge is -2.15. The summed E-state index contributed by atoms with van der Waals surface area (Å²) in [6.45, 7) is 2.63. The molecule has 4 N–H and O–H groups in total. The van der Waals surface area contributed by atoms with E-state index in [9.17, 15) is 18.3 Å². The highest BCUT2D eigenvalue weighted by Crippen LogP contribution is 2.33. The van der Waals surface area contributed by atoms with Crippen molar-refractivity contribution in [2.24, 2.45) is 5.14 Å². The molecule has 0 aromatic heterocycles. The van der Waals surface area contributed by atoms with Crippen molar-refractivity contribution in [3.63, 3.8) is 0 Å². The zero-order valence-electron chi connectivity index (χ0n) is 14.4. The molecular weight excluding hydrogens is 356 g/mol. The Morgan fingerprint density at radius 1 is 1.19 bits per heavy atom. The average molecular weight is 378 g/mol. The van der Waals surface area contributed by atoms with Crippen LogP contribution in [0.3, 0.4) is 0 Å². The number of primary sulfonamides is 1. The summed E-state index contributed by atoms with van der Waals surface area (Å²) < 4.78 is 29.5. The number of ether oxygens (including phenoxy) is 1. The number of carbonyl (C=O) groups is 1. The van der Waals surface area contributed by atoms with Crippen LogP contribution < -0.4 is 15.2 Å². The lowest BCUT2D eigenvalue weighted by molar-refractivity contribution is 0.0697. The van der Waals surface area contributed by atoms with Gasteiger partial charge in [-0.05, 0) is 24.6 Å². The third-order valence-corrected chi connectivity index (χ3v) is 4.62. The van der Waals surface area contributed by atoms with Crippen LogP contribution in [0.5, 0.6) is 11.5 Å². The summed E-state index contributed by atoms with van der Waals surface area (Å²) in [6, 6.07) is 11.0. The van der Waals surface area contributed by atoms with E-state index < -0.39 is 16.0 Å². The monoisotopic (exact) mass is 378 g/mol. The van der Waals surface area contributed by atoms with Gasteiger partial charge in [-0.2, -0.15) is 0 Å². The number of sulfonamides is 1. The molecule has 0 aliphatic carbocycles. The summed E-state index contributed by atoms with van der Waals surface area (Å²) in [5, 5.41) is 17.7. The molecule has 0 amide bonds. The SMILES string of the molecule is CCCCCNc1cc(Oc2ccccc2)c(S(N)(=O)=O)cc1C(=O)O. The molecule has 0 atom stereocenters. The first-order chi connectivity index (χ1) is 12.3. The highest BCUT2D eigenvalue weighted by molar-refractivity contribution is 7.89. The number of carboxylic acids is 1. The van der Waals surface area contributed by atoms with Crippen LogP contribution in [0.15, 0.2) is 47.4 Å². The standard InChI is InChI=1S/C18H22N2O5S/c1-2-3-7-10-20-15-12-16(25-13-8-5-4-6-9-13)17(26(19,23)24)11-14(15)18(21)22/h4-6,8-9,11-12,20H,2-3,7,10H2,1H3,(H,21,22)(H2,19,23,24). The van der Waals surface area contributed by atoms with Crippen LogP contribution in [0, 0.1) is 0 Å². The Morgan fingerprint density at radius 2 is 1.88 bits per heavy atom. The summed E-state index contributed by atoms with van der Waals surface area (Å²) >= 11 is 0. The van der Waals surface area contributed by atoms with Gasteiger partial charge < -0.3 is 15.2 Å². The van der Waals surface area contributed by atoms with Crippen LogP contribution in [0.2, 0.25) is 0 Å². The summed E-state index contributed by atoms with van der Waals surface area (Å²) in [4.78, 5) is 11.2. The van der Waals surface area contributed by atoms with Gasteiger partial charge in [0.2, 0.25) is 10.0 Å². The Hall–Kier alpha value is -2.58. The number of aromatic carboxylic acids is 1. The van der Waals surface area contributed by atoms with Crippen molar-refractivity contribution in [1.82, 2.24) is 0 Å². The Bertz CT molecular complexity index is 867. The molecule has 140 valence electrons. The first kappa shape index (κ1) is 19.7. The Kier molecular flexibility index (Phi) is 6.59. The zero-order valence-corrected chi connectivity index (χ0v) is 15.3. The molecule has 0 saturated heterocycles. The second kappa shape index (κ2) is 8.68. The number of nitrogens with two attached hydrogens (primary N) is 1. The van der Waals surface area contributed by atoms with Gasteiger partial charge in [0.25, 0.3) is 0 Å². The van der Waals surface area contributed by atoms with Crippen LogP contribution in [-0.4, -0.2) is 26.0 Å². The average Bonchev–Trinajstić information content (AvgIpc) is 2.58.